The number of aromatic nitrogens is 1. The summed E-state index contributed by atoms with van der Waals surface area (Å²) in [6.07, 6.45) is 1.17. The first-order valence-electron chi connectivity index (χ1n) is 5.75. The molecule has 21 heavy (non-hydrogen) atoms. The van der Waals surface area contributed by atoms with Gasteiger partial charge in [0.05, 0.1) is 10.7 Å². The van der Waals surface area contributed by atoms with E-state index in [-0.39, 0.29) is 15.7 Å². The quantitative estimate of drug-likeness (QED) is 0.550. The van der Waals surface area contributed by atoms with Crippen molar-refractivity contribution in [3.63, 3.8) is 0 Å². The molecule has 0 aliphatic heterocycles. The van der Waals surface area contributed by atoms with Gasteiger partial charge in [0.15, 0.2) is 5.82 Å². The van der Waals surface area contributed by atoms with Gasteiger partial charge in [-0.1, -0.05) is 23.7 Å². The summed E-state index contributed by atoms with van der Waals surface area (Å²) in [6.45, 7) is 1.86. The van der Waals surface area contributed by atoms with Gasteiger partial charge in [-0.3, -0.25) is 4.72 Å². The second-order valence-corrected chi connectivity index (χ2v) is 7.07. The van der Waals surface area contributed by atoms with Crippen molar-refractivity contribution in [2.75, 3.05) is 10.1 Å². The van der Waals surface area contributed by atoms with E-state index in [1.807, 2.05) is 13.0 Å². The smallest absolute Gasteiger partial charge is 0.263 e. The molecule has 6 nitrogen and oxygen atoms in total. The van der Waals surface area contributed by atoms with E-state index >= 15 is 0 Å². The van der Waals surface area contributed by atoms with Gasteiger partial charge in [0.2, 0.25) is 0 Å². The predicted octanol–water partition coefficient (Wildman–Crippen LogP) is 2.89. The SMILES string of the molecule is Cc1cccc(NS(=O)(=O)c2cnc(NN)c(Cl)c2)c1Br. The number of nitrogens with two attached hydrogens (primary N) is 1. The minimum atomic E-state index is -3.80. The average Bonchev–Trinajstić information content (AvgIpc) is 2.43. The number of hydrazine groups is 1. The molecule has 0 bridgehead atoms. The van der Waals surface area contributed by atoms with Gasteiger partial charge in [0.25, 0.3) is 10.0 Å². The fraction of sp³-hybridized carbons (Fsp3) is 0.0833. The Bertz CT molecular complexity index is 783. The van der Waals surface area contributed by atoms with Crippen molar-refractivity contribution in [2.24, 2.45) is 5.84 Å². The number of halogens is 2. The molecule has 112 valence electrons. The number of sulfonamides is 1. The number of hydrogen-bond acceptors (Lipinski definition) is 5. The van der Waals surface area contributed by atoms with Crippen molar-refractivity contribution in [1.82, 2.24) is 4.98 Å². The Morgan fingerprint density at radius 1 is 1.38 bits per heavy atom. The standard InChI is InChI=1S/C12H12BrClN4O2S/c1-7-3-2-4-10(11(7)13)18-21(19,20)8-5-9(14)12(17-15)16-6-8/h2-6,18H,15H2,1H3,(H,16,17). The molecule has 0 radical (unpaired) electrons. The van der Waals surface area contributed by atoms with Gasteiger partial charge in [-0.25, -0.2) is 19.2 Å². The van der Waals surface area contributed by atoms with E-state index in [0.29, 0.717) is 10.2 Å². The summed E-state index contributed by atoms with van der Waals surface area (Å²) in [6, 6.07) is 6.54. The van der Waals surface area contributed by atoms with Crippen molar-refractivity contribution in [2.45, 2.75) is 11.8 Å². The van der Waals surface area contributed by atoms with Crippen LogP contribution in [0, 0.1) is 6.92 Å². The van der Waals surface area contributed by atoms with E-state index in [1.165, 1.54) is 12.3 Å². The van der Waals surface area contributed by atoms with Crippen LogP contribution in [0.15, 0.2) is 39.8 Å². The molecule has 2 aromatic rings. The van der Waals surface area contributed by atoms with Crippen LogP contribution in [-0.4, -0.2) is 13.4 Å². The number of aryl methyl sites for hydroxylation is 1. The number of pyridine rings is 1. The topological polar surface area (TPSA) is 97.1 Å². The van der Waals surface area contributed by atoms with Gasteiger partial charge >= 0.3 is 0 Å². The zero-order chi connectivity index (χ0) is 15.6. The van der Waals surface area contributed by atoms with Crippen LogP contribution in [0.5, 0.6) is 0 Å². The second-order valence-electron chi connectivity index (χ2n) is 4.19. The van der Waals surface area contributed by atoms with E-state index in [9.17, 15) is 8.42 Å². The Morgan fingerprint density at radius 3 is 2.71 bits per heavy atom. The molecule has 0 aliphatic carbocycles. The molecule has 1 aromatic carbocycles. The molecule has 0 fully saturated rings. The summed E-state index contributed by atoms with van der Waals surface area (Å²) in [4.78, 5) is 3.79. The van der Waals surface area contributed by atoms with Crippen LogP contribution in [-0.2, 0) is 10.0 Å². The summed E-state index contributed by atoms with van der Waals surface area (Å²) in [5, 5.41) is 0.115. The Balaban J connectivity index is 2.39. The maximum Gasteiger partial charge on any atom is 0.263 e. The third-order valence-corrected chi connectivity index (χ3v) is 5.37. The number of benzene rings is 1. The molecule has 1 aromatic heterocycles. The third-order valence-electron chi connectivity index (χ3n) is 2.70. The molecule has 2 rings (SSSR count). The minimum Gasteiger partial charge on any atom is -0.307 e. The Kier molecular flexibility index (Phi) is 4.72. The molecule has 0 atom stereocenters. The van der Waals surface area contributed by atoms with Crippen molar-refractivity contribution in [3.8, 4) is 0 Å². The molecule has 0 aliphatic rings. The van der Waals surface area contributed by atoms with Gasteiger partial charge in [0, 0.05) is 10.7 Å². The van der Waals surface area contributed by atoms with Crippen molar-refractivity contribution >= 4 is 49.1 Å². The monoisotopic (exact) mass is 390 g/mol. The molecule has 1 heterocycles. The van der Waals surface area contributed by atoms with E-state index in [4.69, 9.17) is 17.4 Å². The van der Waals surface area contributed by atoms with E-state index in [1.54, 1.807) is 12.1 Å². The Hall–Kier alpha value is -1.35. The highest BCUT2D eigenvalue weighted by Gasteiger charge is 2.18. The van der Waals surface area contributed by atoms with E-state index in [0.717, 1.165) is 5.56 Å². The van der Waals surface area contributed by atoms with E-state index in [2.05, 4.69) is 31.1 Å². The first-order valence-corrected chi connectivity index (χ1v) is 8.40. The Morgan fingerprint density at radius 2 is 2.10 bits per heavy atom. The molecule has 0 saturated heterocycles. The zero-order valence-electron chi connectivity index (χ0n) is 10.9. The summed E-state index contributed by atoms with van der Waals surface area (Å²) in [5.74, 6) is 5.40. The highest BCUT2D eigenvalue weighted by molar-refractivity contribution is 9.10. The van der Waals surface area contributed by atoms with Gasteiger partial charge in [-0.2, -0.15) is 0 Å². The fourth-order valence-electron chi connectivity index (χ4n) is 1.60. The van der Waals surface area contributed by atoms with Gasteiger partial charge in [-0.05, 0) is 40.5 Å². The highest BCUT2D eigenvalue weighted by Crippen LogP contribution is 2.29. The van der Waals surface area contributed by atoms with Crippen LogP contribution in [0.25, 0.3) is 0 Å². The molecule has 0 amide bonds. The lowest BCUT2D eigenvalue weighted by Crippen LogP contribution is -2.15. The normalized spacial score (nSPS) is 11.2. The summed E-state index contributed by atoms with van der Waals surface area (Å²) < 4.78 is 27.8. The summed E-state index contributed by atoms with van der Waals surface area (Å²) in [7, 11) is -3.80. The lowest BCUT2D eigenvalue weighted by atomic mass is 10.2. The first kappa shape index (κ1) is 16.0. The maximum atomic E-state index is 12.3. The third kappa shape index (κ3) is 3.46. The molecular weight excluding hydrogens is 380 g/mol. The number of nitrogen functional groups attached to an aromatic ring is 1. The molecule has 0 unspecified atom stereocenters. The predicted molar refractivity (Wildman–Crippen MR) is 86.7 cm³/mol. The van der Waals surface area contributed by atoms with Crippen LogP contribution in [0.3, 0.4) is 0 Å². The molecule has 0 spiro atoms. The van der Waals surface area contributed by atoms with Crippen molar-refractivity contribution in [1.29, 1.82) is 0 Å². The fourth-order valence-corrected chi connectivity index (χ4v) is 3.43. The van der Waals surface area contributed by atoms with E-state index < -0.39 is 10.0 Å². The lowest BCUT2D eigenvalue weighted by molar-refractivity contribution is 0.601. The number of hydrogen-bond donors (Lipinski definition) is 3. The first-order chi connectivity index (χ1) is 9.85. The number of nitrogens with one attached hydrogen (secondary N) is 2. The number of anilines is 2. The van der Waals surface area contributed by atoms with Gasteiger partial charge in [-0.15, -0.1) is 0 Å². The number of nitrogens with zero attached hydrogens (tertiary/aromatic N) is 1. The summed E-state index contributed by atoms with van der Waals surface area (Å²) in [5.41, 5.74) is 3.62. The Labute approximate surface area is 135 Å². The average molecular weight is 392 g/mol. The largest absolute Gasteiger partial charge is 0.307 e. The molecule has 0 saturated carbocycles. The minimum absolute atomic E-state index is 0.0556. The van der Waals surface area contributed by atoms with Crippen molar-refractivity contribution < 1.29 is 8.42 Å². The lowest BCUT2D eigenvalue weighted by Gasteiger charge is -2.11. The van der Waals surface area contributed by atoms with Crippen LogP contribution >= 0.6 is 27.5 Å². The molecular formula is C12H12BrClN4O2S. The van der Waals surface area contributed by atoms with Crippen LogP contribution in [0.1, 0.15) is 5.56 Å². The molecule has 9 heteroatoms. The highest BCUT2D eigenvalue weighted by atomic mass is 79.9. The van der Waals surface area contributed by atoms with Crippen LogP contribution in [0.4, 0.5) is 11.5 Å². The maximum absolute atomic E-state index is 12.3. The van der Waals surface area contributed by atoms with Crippen molar-refractivity contribution in [3.05, 3.63) is 45.5 Å². The van der Waals surface area contributed by atoms with Crippen LogP contribution < -0.4 is 16.0 Å². The van der Waals surface area contributed by atoms with Crippen LogP contribution in [0.2, 0.25) is 5.02 Å². The number of rotatable bonds is 4. The van der Waals surface area contributed by atoms with Gasteiger partial charge in [0.1, 0.15) is 4.90 Å². The summed E-state index contributed by atoms with van der Waals surface area (Å²) >= 11 is 9.24. The molecule has 4 N–H and O–H groups in total. The van der Waals surface area contributed by atoms with Gasteiger partial charge < -0.3 is 5.43 Å². The second kappa shape index (κ2) is 6.18. The zero-order valence-corrected chi connectivity index (χ0v) is 14.1.